The van der Waals surface area contributed by atoms with Gasteiger partial charge in [0.05, 0.1) is 39.5 Å². The molecule has 1 aliphatic rings. The molecule has 1 aromatic carbocycles. The monoisotopic (exact) mass is 389 g/mol. The van der Waals surface area contributed by atoms with Crippen LogP contribution >= 0.6 is 35.0 Å². The number of aliphatic hydroxyl groups excluding tert-OH is 3. The van der Waals surface area contributed by atoms with Crippen molar-refractivity contribution in [3.05, 3.63) is 22.2 Å². The van der Waals surface area contributed by atoms with E-state index < -0.39 is 31.1 Å². The van der Waals surface area contributed by atoms with Crippen molar-refractivity contribution in [3.8, 4) is 6.07 Å². The van der Waals surface area contributed by atoms with Gasteiger partial charge in [-0.1, -0.05) is 35.0 Å². The summed E-state index contributed by atoms with van der Waals surface area (Å²) in [7, 11) is 0. The molecule has 0 spiro atoms. The van der Waals surface area contributed by atoms with Crippen LogP contribution in [-0.2, 0) is 4.74 Å². The number of rotatable bonds is 4. The number of hydrogen-bond acceptors (Lipinski definition) is 7. The van der Waals surface area contributed by atoms with E-state index in [0.717, 1.165) is 11.8 Å². The molecule has 0 amide bonds. The van der Waals surface area contributed by atoms with Crippen LogP contribution in [-0.4, -0.2) is 55.5 Å². The highest BCUT2D eigenvalue weighted by Crippen LogP contribution is 2.38. The number of hydrogen-bond donors (Lipinski definition) is 3. The summed E-state index contributed by atoms with van der Waals surface area (Å²) in [5, 5.41) is 39.4. The van der Waals surface area contributed by atoms with Gasteiger partial charge in [0, 0.05) is 0 Å². The van der Waals surface area contributed by atoms with Gasteiger partial charge < -0.3 is 20.1 Å². The van der Waals surface area contributed by atoms with E-state index >= 15 is 0 Å². The Labute approximate surface area is 151 Å². The lowest BCUT2D eigenvalue weighted by molar-refractivity contribution is -0.0545. The number of thioether (sulfide) groups is 1. The Morgan fingerprint density at radius 2 is 2.00 bits per heavy atom. The fourth-order valence-corrected chi connectivity index (χ4v) is 3.62. The van der Waals surface area contributed by atoms with Gasteiger partial charge in [-0.25, -0.2) is 4.98 Å². The van der Waals surface area contributed by atoms with Gasteiger partial charge in [0.15, 0.2) is 11.4 Å². The molecule has 1 fully saturated rings. The largest absolute Gasteiger partial charge is 0.394 e. The first-order valence-corrected chi connectivity index (χ1v) is 8.71. The van der Waals surface area contributed by atoms with Crippen molar-refractivity contribution >= 4 is 46.0 Å². The molecule has 2 heterocycles. The van der Waals surface area contributed by atoms with Crippen LogP contribution in [0.3, 0.4) is 0 Å². The number of aromatic nitrogens is 2. The summed E-state index contributed by atoms with van der Waals surface area (Å²) in [6.45, 7) is -0.436. The van der Waals surface area contributed by atoms with Crippen molar-refractivity contribution in [2.45, 2.75) is 29.7 Å². The summed E-state index contributed by atoms with van der Waals surface area (Å²) in [4.78, 5) is 4.40. The number of ether oxygens (including phenoxy) is 1. The molecule has 3 N–H and O–H groups in total. The Morgan fingerprint density at radius 3 is 2.62 bits per heavy atom. The quantitative estimate of drug-likeness (QED) is 0.680. The molecule has 2 aromatic rings. The first kappa shape index (κ1) is 17.8. The third-order valence-corrected chi connectivity index (χ3v) is 5.28. The Balaban J connectivity index is 2.14. The van der Waals surface area contributed by atoms with Gasteiger partial charge in [-0.2, -0.15) is 5.26 Å². The van der Waals surface area contributed by atoms with Crippen LogP contribution in [0.15, 0.2) is 17.3 Å². The van der Waals surface area contributed by atoms with Gasteiger partial charge in [0.1, 0.15) is 18.3 Å². The van der Waals surface area contributed by atoms with Crippen molar-refractivity contribution in [2.24, 2.45) is 0 Å². The van der Waals surface area contributed by atoms with Crippen molar-refractivity contribution in [1.29, 1.82) is 5.26 Å². The van der Waals surface area contributed by atoms with E-state index in [1.54, 1.807) is 16.7 Å². The smallest absolute Gasteiger partial charge is 0.172 e. The molecular weight excluding hydrogens is 377 g/mol. The summed E-state index contributed by atoms with van der Waals surface area (Å²) < 4.78 is 7.14. The first-order chi connectivity index (χ1) is 11.5. The molecule has 0 aliphatic carbocycles. The molecule has 1 aliphatic heterocycles. The minimum Gasteiger partial charge on any atom is -0.394 e. The number of imidazole rings is 1. The second-order valence-corrected chi connectivity index (χ2v) is 6.95. The molecule has 0 radical (unpaired) electrons. The van der Waals surface area contributed by atoms with Gasteiger partial charge in [0.2, 0.25) is 0 Å². The number of nitriles is 1. The number of benzene rings is 1. The maximum Gasteiger partial charge on any atom is 0.172 e. The van der Waals surface area contributed by atoms with Gasteiger partial charge >= 0.3 is 0 Å². The average Bonchev–Trinajstić information content (AvgIpc) is 3.04. The minimum absolute atomic E-state index is 0.138. The molecule has 128 valence electrons. The SMILES string of the molecule is N#CCSc1nc2cc(Cl)c(Cl)cc2n1C1OC(CO)C(O)C1O. The zero-order chi connectivity index (χ0) is 17.4. The highest BCUT2D eigenvalue weighted by Gasteiger charge is 2.44. The zero-order valence-corrected chi connectivity index (χ0v) is 14.5. The predicted molar refractivity (Wildman–Crippen MR) is 89.1 cm³/mol. The summed E-state index contributed by atoms with van der Waals surface area (Å²) in [5.41, 5.74) is 1.06. The van der Waals surface area contributed by atoms with Crippen LogP contribution in [0.1, 0.15) is 6.23 Å². The second-order valence-electron chi connectivity index (χ2n) is 5.20. The third-order valence-electron chi connectivity index (χ3n) is 3.74. The lowest BCUT2D eigenvalue weighted by atomic mass is 10.1. The van der Waals surface area contributed by atoms with Crippen molar-refractivity contribution in [3.63, 3.8) is 0 Å². The second kappa shape index (κ2) is 7.06. The predicted octanol–water partition coefficient (Wildman–Crippen LogP) is 1.57. The molecular formula is C14H13Cl2N3O4S. The molecule has 4 unspecified atom stereocenters. The average molecular weight is 390 g/mol. The fraction of sp³-hybridized carbons (Fsp3) is 0.429. The zero-order valence-electron chi connectivity index (χ0n) is 12.1. The lowest BCUT2D eigenvalue weighted by Crippen LogP contribution is -2.33. The van der Waals surface area contributed by atoms with Gasteiger partial charge in [-0.05, 0) is 12.1 Å². The van der Waals surface area contributed by atoms with E-state index in [9.17, 15) is 15.3 Å². The van der Waals surface area contributed by atoms with Crippen molar-refractivity contribution < 1.29 is 20.1 Å². The van der Waals surface area contributed by atoms with Crippen LogP contribution < -0.4 is 0 Å². The number of fused-ring (bicyclic) bond motifs is 1. The highest BCUT2D eigenvalue weighted by molar-refractivity contribution is 7.99. The van der Waals surface area contributed by atoms with Crippen LogP contribution in [0.4, 0.5) is 0 Å². The summed E-state index contributed by atoms with van der Waals surface area (Å²) >= 11 is 13.2. The molecule has 10 heteroatoms. The third kappa shape index (κ3) is 2.97. The summed E-state index contributed by atoms with van der Waals surface area (Å²) in [6.07, 6.45) is -4.40. The Morgan fingerprint density at radius 1 is 1.29 bits per heavy atom. The van der Waals surface area contributed by atoms with Gasteiger partial charge in [-0.15, -0.1) is 0 Å². The topological polar surface area (TPSA) is 112 Å². The van der Waals surface area contributed by atoms with Crippen molar-refractivity contribution in [2.75, 3.05) is 12.4 Å². The molecule has 0 bridgehead atoms. The van der Waals surface area contributed by atoms with E-state index in [1.807, 2.05) is 6.07 Å². The van der Waals surface area contributed by atoms with E-state index in [1.165, 1.54) is 0 Å². The number of nitrogens with zero attached hydrogens (tertiary/aromatic N) is 3. The molecule has 24 heavy (non-hydrogen) atoms. The molecule has 1 saturated heterocycles. The number of halogens is 2. The van der Waals surface area contributed by atoms with Crippen LogP contribution in [0.5, 0.6) is 0 Å². The fourth-order valence-electron chi connectivity index (χ4n) is 2.61. The van der Waals surface area contributed by atoms with Gasteiger partial charge in [0.25, 0.3) is 0 Å². The Bertz CT molecular complexity index is 809. The minimum atomic E-state index is -1.27. The Hall–Kier alpha value is -1.05. The molecule has 4 atom stereocenters. The van der Waals surface area contributed by atoms with E-state index in [2.05, 4.69) is 4.98 Å². The lowest BCUT2D eigenvalue weighted by Gasteiger charge is -2.19. The first-order valence-electron chi connectivity index (χ1n) is 6.97. The van der Waals surface area contributed by atoms with Crippen LogP contribution in [0.25, 0.3) is 11.0 Å². The molecule has 3 rings (SSSR count). The van der Waals surface area contributed by atoms with Crippen LogP contribution in [0.2, 0.25) is 10.0 Å². The maximum atomic E-state index is 10.3. The molecule has 0 saturated carbocycles. The van der Waals surface area contributed by atoms with Crippen LogP contribution in [0, 0.1) is 11.3 Å². The van der Waals surface area contributed by atoms with E-state index in [4.69, 9.17) is 33.2 Å². The Kier molecular flexibility index (Phi) is 5.22. The standard InChI is InChI=1S/C14H13Cl2N3O4S/c15-6-3-8-9(4-7(6)16)19(14(18-8)24-2-1-17)13-12(22)11(21)10(5-20)23-13/h3-4,10-13,20-22H,2,5H2. The van der Waals surface area contributed by atoms with Crippen molar-refractivity contribution in [1.82, 2.24) is 9.55 Å². The molecule has 7 nitrogen and oxygen atoms in total. The highest BCUT2D eigenvalue weighted by atomic mass is 35.5. The van der Waals surface area contributed by atoms with Gasteiger partial charge in [-0.3, -0.25) is 4.57 Å². The maximum absolute atomic E-state index is 10.3. The van der Waals surface area contributed by atoms with E-state index in [-0.39, 0.29) is 5.75 Å². The number of aliphatic hydroxyl groups is 3. The van der Waals surface area contributed by atoms with E-state index in [0.29, 0.717) is 26.2 Å². The normalized spacial score (nSPS) is 26.8. The summed E-state index contributed by atoms with van der Waals surface area (Å²) in [5.74, 6) is 0.138. The molecule has 1 aromatic heterocycles. The summed E-state index contributed by atoms with van der Waals surface area (Å²) in [6, 6.07) is 5.16.